The number of rotatable bonds is 4. The largest absolute Gasteiger partial charge is 0.435 e. The first-order valence-electron chi connectivity index (χ1n) is 6.60. The van der Waals surface area contributed by atoms with E-state index in [2.05, 4.69) is 10.1 Å². The third-order valence-electron chi connectivity index (χ3n) is 3.39. The predicted molar refractivity (Wildman–Crippen MR) is 68.8 cm³/mol. The minimum absolute atomic E-state index is 0.00857. The van der Waals surface area contributed by atoms with E-state index in [1.807, 2.05) is 0 Å². The van der Waals surface area contributed by atoms with Crippen molar-refractivity contribution in [2.75, 3.05) is 0 Å². The maximum absolute atomic E-state index is 12.0. The van der Waals surface area contributed by atoms with Gasteiger partial charge in [0.15, 0.2) is 0 Å². The summed E-state index contributed by atoms with van der Waals surface area (Å²) in [5.41, 5.74) is 0.351. The average Bonchev–Trinajstić information content (AvgIpc) is 2.41. The number of amides is 1. The number of benzene rings is 1. The number of alkyl halides is 2. The normalized spacial score (nSPS) is 22.6. The highest BCUT2D eigenvalue weighted by Crippen LogP contribution is 2.19. The Balaban J connectivity index is 1.95. The van der Waals surface area contributed by atoms with Crippen molar-refractivity contribution < 1.29 is 23.4 Å². The van der Waals surface area contributed by atoms with Crippen LogP contribution in [0.5, 0.6) is 5.75 Å². The van der Waals surface area contributed by atoms with Gasteiger partial charge in [-0.15, -0.1) is 0 Å². The van der Waals surface area contributed by atoms with Gasteiger partial charge in [-0.25, -0.2) is 0 Å². The van der Waals surface area contributed by atoms with Crippen molar-refractivity contribution in [1.29, 1.82) is 0 Å². The summed E-state index contributed by atoms with van der Waals surface area (Å²) in [6.45, 7) is -2.88. The fourth-order valence-corrected chi connectivity index (χ4v) is 2.32. The molecule has 6 heteroatoms. The summed E-state index contributed by atoms with van der Waals surface area (Å²) in [5, 5.41) is 12.6. The first kappa shape index (κ1) is 14.7. The first-order chi connectivity index (χ1) is 9.56. The minimum atomic E-state index is -2.88. The van der Waals surface area contributed by atoms with E-state index in [0.717, 1.165) is 19.3 Å². The first-order valence-corrected chi connectivity index (χ1v) is 6.60. The van der Waals surface area contributed by atoms with Crippen LogP contribution in [-0.4, -0.2) is 29.8 Å². The van der Waals surface area contributed by atoms with Gasteiger partial charge in [0.25, 0.3) is 5.91 Å². The molecule has 0 aliphatic heterocycles. The molecule has 0 saturated heterocycles. The minimum Gasteiger partial charge on any atom is -0.435 e. The van der Waals surface area contributed by atoms with Gasteiger partial charge in [-0.05, 0) is 37.1 Å². The Morgan fingerprint density at radius 3 is 2.50 bits per heavy atom. The zero-order valence-electron chi connectivity index (χ0n) is 10.9. The summed E-state index contributed by atoms with van der Waals surface area (Å²) in [4.78, 5) is 12.0. The molecule has 1 aliphatic carbocycles. The molecule has 1 aliphatic rings. The lowest BCUT2D eigenvalue weighted by atomic mass is 9.92. The van der Waals surface area contributed by atoms with Gasteiger partial charge in [-0.1, -0.05) is 12.8 Å². The Morgan fingerprint density at radius 1 is 1.25 bits per heavy atom. The van der Waals surface area contributed by atoms with Crippen molar-refractivity contribution in [3.8, 4) is 5.75 Å². The third kappa shape index (κ3) is 3.90. The molecule has 1 amide bonds. The molecule has 1 fully saturated rings. The van der Waals surface area contributed by atoms with Crippen LogP contribution >= 0.6 is 0 Å². The molecule has 1 saturated carbocycles. The van der Waals surface area contributed by atoms with Crippen LogP contribution in [0.1, 0.15) is 36.0 Å². The van der Waals surface area contributed by atoms with Crippen LogP contribution in [0.15, 0.2) is 24.3 Å². The summed E-state index contributed by atoms with van der Waals surface area (Å²) < 4.78 is 28.2. The Bertz CT molecular complexity index is 450. The molecule has 110 valence electrons. The van der Waals surface area contributed by atoms with Crippen LogP contribution in [0.25, 0.3) is 0 Å². The van der Waals surface area contributed by atoms with Crippen LogP contribution in [0, 0.1) is 0 Å². The maximum Gasteiger partial charge on any atom is 0.387 e. The zero-order chi connectivity index (χ0) is 14.5. The summed E-state index contributed by atoms with van der Waals surface area (Å²) in [6.07, 6.45) is 2.86. The second kappa shape index (κ2) is 6.65. The number of carbonyl (C=O) groups excluding carboxylic acids is 1. The topological polar surface area (TPSA) is 58.6 Å². The Labute approximate surface area is 115 Å². The number of ether oxygens (including phenoxy) is 1. The average molecular weight is 285 g/mol. The van der Waals surface area contributed by atoms with Gasteiger partial charge < -0.3 is 15.2 Å². The van der Waals surface area contributed by atoms with Crippen molar-refractivity contribution in [3.05, 3.63) is 29.8 Å². The number of hydrogen-bond acceptors (Lipinski definition) is 3. The Hall–Kier alpha value is -1.69. The molecular weight excluding hydrogens is 268 g/mol. The van der Waals surface area contributed by atoms with Crippen LogP contribution in [-0.2, 0) is 0 Å². The summed E-state index contributed by atoms with van der Waals surface area (Å²) in [5.74, 6) is -0.311. The highest BCUT2D eigenvalue weighted by molar-refractivity contribution is 5.94. The molecule has 20 heavy (non-hydrogen) atoms. The van der Waals surface area contributed by atoms with Gasteiger partial charge in [0.1, 0.15) is 5.75 Å². The molecule has 0 heterocycles. The smallest absolute Gasteiger partial charge is 0.387 e. The second-order valence-electron chi connectivity index (χ2n) is 4.83. The fourth-order valence-electron chi connectivity index (χ4n) is 2.32. The molecule has 0 bridgehead atoms. The van der Waals surface area contributed by atoms with E-state index in [4.69, 9.17) is 0 Å². The molecule has 0 aromatic heterocycles. The molecule has 2 N–H and O–H groups in total. The highest BCUT2D eigenvalue weighted by atomic mass is 19.3. The molecule has 2 rings (SSSR count). The number of aliphatic hydroxyl groups is 1. The predicted octanol–water partition coefficient (Wildman–Crippen LogP) is 2.32. The molecule has 1 aromatic rings. The standard InChI is InChI=1S/C14H17F2NO3/c15-14(16)20-10-7-5-9(6-8-10)13(19)17-11-3-1-2-4-12(11)18/h5-8,11-12,14,18H,1-4H2,(H,17,19)/t11-,12-/m1/s1. The number of nitrogens with one attached hydrogen (secondary N) is 1. The summed E-state index contributed by atoms with van der Waals surface area (Å²) in [6, 6.07) is 5.23. The van der Waals surface area contributed by atoms with Gasteiger partial charge in [0, 0.05) is 5.56 Å². The van der Waals surface area contributed by atoms with E-state index in [-0.39, 0.29) is 17.7 Å². The molecule has 2 atom stereocenters. The molecule has 0 radical (unpaired) electrons. The summed E-state index contributed by atoms with van der Waals surface area (Å²) >= 11 is 0. The van der Waals surface area contributed by atoms with E-state index in [1.54, 1.807) is 0 Å². The highest BCUT2D eigenvalue weighted by Gasteiger charge is 2.24. The van der Waals surface area contributed by atoms with Gasteiger partial charge in [0.2, 0.25) is 0 Å². The van der Waals surface area contributed by atoms with Gasteiger partial charge in [-0.3, -0.25) is 4.79 Å². The second-order valence-corrected chi connectivity index (χ2v) is 4.83. The van der Waals surface area contributed by atoms with Crippen molar-refractivity contribution in [2.45, 2.75) is 44.4 Å². The van der Waals surface area contributed by atoms with Crippen molar-refractivity contribution in [1.82, 2.24) is 5.32 Å². The van der Waals surface area contributed by atoms with Gasteiger partial charge in [-0.2, -0.15) is 8.78 Å². The monoisotopic (exact) mass is 285 g/mol. The number of hydrogen-bond donors (Lipinski definition) is 2. The number of halogens is 2. The van der Waals surface area contributed by atoms with E-state index >= 15 is 0 Å². The van der Waals surface area contributed by atoms with E-state index in [9.17, 15) is 18.7 Å². The molecule has 1 aromatic carbocycles. The van der Waals surface area contributed by atoms with Gasteiger partial charge in [0.05, 0.1) is 12.1 Å². The quantitative estimate of drug-likeness (QED) is 0.892. The lowest BCUT2D eigenvalue weighted by Gasteiger charge is -2.28. The third-order valence-corrected chi connectivity index (χ3v) is 3.39. The van der Waals surface area contributed by atoms with Crippen LogP contribution in [0.4, 0.5) is 8.78 Å². The van der Waals surface area contributed by atoms with E-state index in [1.165, 1.54) is 24.3 Å². The van der Waals surface area contributed by atoms with Crippen LogP contribution in [0.3, 0.4) is 0 Å². The van der Waals surface area contributed by atoms with Crippen molar-refractivity contribution in [2.24, 2.45) is 0 Å². The number of carbonyl (C=O) groups is 1. The SMILES string of the molecule is O=C(N[C@@H]1CCCC[C@H]1O)c1ccc(OC(F)F)cc1. The molecule has 0 spiro atoms. The fraction of sp³-hybridized carbons (Fsp3) is 0.500. The molecule has 0 unspecified atom stereocenters. The Morgan fingerprint density at radius 2 is 1.90 bits per heavy atom. The van der Waals surface area contributed by atoms with Crippen molar-refractivity contribution in [3.63, 3.8) is 0 Å². The van der Waals surface area contributed by atoms with E-state index in [0.29, 0.717) is 12.0 Å². The van der Waals surface area contributed by atoms with E-state index < -0.39 is 12.7 Å². The number of aliphatic hydroxyl groups excluding tert-OH is 1. The van der Waals surface area contributed by atoms with Crippen molar-refractivity contribution >= 4 is 5.91 Å². The zero-order valence-corrected chi connectivity index (χ0v) is 10.9. The lowest BCUT2D eigenvalue weighted by molar-refractivity contribution is -0.0498. The van der Waals surface area contributed by atoms with Crippen LogP contribution < -0.4 is 10.1 Å². The van der Waals surface area contributed by atoms with Crippen LogP contribution in [0.2, 0.25) is 0 Å². The molecular formula is C14H17F2NO3. The Kier molecular flexibility index (Phi) is 4.89. The summed E-state index contributed by atoms with van der Waals surface area (Å²) in [7, 11) is 0. The molecule has 4 nitrogen and oxygen atoms in total. The maximum atomic E-state index is 12.0. The van der Waals surface area contributed by atoms with Gasteiger partial charge >= 0.3 is 6.61 Å². The lowest BCUT2D eigenvalue weighted by Crippen LogP contribution is -2.45.